The Morgan fingerprint density at radius 3 is 2.84 bits per heavy atom. The third-order valence-electron chi connectivity index (χ3n) is 3.76. The van der Waals surface area contributed by atoms with Gasteiger partial charge in [-0.1, -0.05) is 0 Å². The van der Waals surface area contributed by atoms with Gasteiger partial charge in [-0.25, -0.2) is 8.91 Å². The summed E-state index contributed by atoms with van der Waals surface area (Å²) in [7, 11) is 0. The van der Waals surface area contributed by atoms with Gasteiger partial charge in [-0.15, -0.1) is 5.10 Å². The molecule has 0 saturated carbocycles. The van der Waals surface area contributed by atoms with E-state index < -0.39 is 0 Å². The van der Waals surface area contributed by atoms with E-state index in [-0.39, 0.29) is 5.82 Å². The first kappa shape index (κ1) is 12.3. The van der Waals surface area contributed by atoms with Crippen LogP contribution in [0.5, 0.6) is 0 Å². The number of hydrogen-bond donors (Lipinski definition) is 1. The largest absolute Gasteiger partial charge is 0.339 e. The quantitative estimate of drug-likeness (QED) is 0.910. The molecule has 0 aliphatic carbocycles. The molecule has 2 aromatic rings. The molecule has 0 amide bonds. The second-order valence-corrected chi connectivity index (χ2v) is 5.07. The Morgan fingerprint density at radius 2 is 2.11 bits per heavy atom. The first-order valence-corrected chi connectivity index (χ1v) is 6.73. The summed E-state index contributed by atoms with van der Waals surface area (Å²) in [5.41, 5.74) is 6.27. The highest BCUT2D eigenvalue weighted by molar-refractivity contribution is 5.44. The topological polar surface area (TPSA) is 59.5 Å². The van der Waals surface area contributed by atoms with Crippen molar-refractivity contribution in [3.8, 4) is 0 Å². The van der Waals surface area contributed by atoms with Gasteiger partial charge in [0, 0.05) is 13.1 Å². The number of rotatable bonds is 3. The molecular formula is C13H18FN5. The lowest BCUT2D eigenvalue weighted by atomic mass is 9.94. The molecule has 1 fully saturated rings. The first-order valence-electron chi connectivity index (χ1n) is 6.73. The average Bonchev–Trinajstić information content (AvgIpc) is 2.83. The lowest BCUT2D eigenvalue weighted by Gasteiger charge is -2.30. The molecule has 3 rings (SSSR count). The standard InChI is InChI=1S/C13H18FN5/c14-11-1-2-12-16-13(17-19(12)9-11)18-7-4-10(3-6-15)5-8-18/h1-2,9-10H,3-8,15H2. The van der Waals surface area contributed by atoms with Gasteiger partial charge in [0.25, 0.3) is 0 Å². The van der Waals surface area contributed by atoms with E-state index in [0.717, 1.165) is 44.8 Å². The van der Waals surface area contributed by atoms with Crippen molar-refractivity contribution in [2.24, 2.45) is 11.7 Å². The smallest absolute Gasteiger partial charge is 0.245 e. The van der Waals surface area contributed by atoms with Crippen molar-refractivity contribution in [3.05, 3.63) is 24.1 Å². The minimum atomic E-state index is -0.300. The van der Waals surface area contributed by atoms with Crippen molar-refractivity contribution in [2.75, 3.05) is 24.5 Å². The van der Waals surface area contributed by atoms with E-state index in [1.807, 2.05) is 0 Å². The van der Waals surface area contributed by atoms with Gasteiger partial charge in [-0.3, -0.25) is 0 Å². The second-order valence-electron chi connectivity index (χ2n) is 5.07. The maximum absolute atomic E-state index is 13.1. The zero-order valence-corrected chi connectivity index (χ0v) is 10.8. The van der Waals surface area contributed by atoms with Gasteiger partial charge in [0.2, 0.25) is 5.95 Å². The van der Waals surface area contributed by atoms with E-state index in [1.165, 1.54) is 16.8 Å². The van der Waals surface area contributed by atoms with Gasteiger partial charge in [-0.2, -0.15) is 4.98 Å². The molecule has 1 saturated heterocycles. The maximum Gasteiger partial charge on any atom is 0.245 e. The van der Waals surface area contributed by atoms with E-state index in [4.69, 9.17) is 5.73 Å². The minimum absolute atomic E-state index is 0.300. The van der Waals surface area contributed by atoms with E-state index >= 15 is 0 Å². The lowest BCUT2D eigenvalue weighted by molar-refractivity contribution is 0.384. The highest BCUT2D eigenvalue weighted by atomic mass is 19.1. The molecule has 2 N–H and O–H groups in total. The molecule has 19 heavy (non-hydrogen) atoms. The van der Waals surface area contributed by atoms with Crippen molar-refractivity contribution in [1.29, 1.82) is 0 Å². The van der Waals surface area contributed by atoms with Crippen LogP contribution < -0.4 is 10.6 Å². The van der Waals surface area contributed by atoms with Crippen LogP contribution >= 0.6 is 0 Å². The minimum Gasteiger partial charge on any atom is -0.339 e. The zero-order chi connectivity index (χ0) is 13.2. The number of fused-ring (bicyclic) bond motifs is 1. The van der Waals surface area contributed by atoms with Crippen LogP contribution in [0.15, 0.2) is 18.3 Å². The van der Waals surface area contributed by atoms with Crippen molar-refractivity contribution in [2.45, 2.75) is 19.3 Å². The highest BCUT2D eigenvalue weighted by Gasteiger charge is 2.21. The van der Waals surface area contributed by atoms with Gasteiger partial charge in [0.1, 0.15) is 5.82 Å². The van der Waals surface area contributed by atoms with Crippen LogP contribution in [0.25, 0.3) is 5.65 Å². The number of pyridine rings is 1. The summed E-state index contributed by atoms with van der Waals surface area (Å²) >= 11 is 0. The van der Waals surface area contributed by atoms with E-state index in [9.17, 15) is 4.39 Å². The summed E-state index contributed by atoms with van der Waals surface area (Å²) in [5, 5.41) is 4.34. The molecule has 0 radical (unpaired) electrons. The third kappa shape index (κ3) is 2.53. The third-order valence-corrected chi connectivity index (χ3v) is 3.76. The van der Waals surface area contributed by atoms with Crippen molar-refractivity contribution in [1.82, 2.24) is 14.6 Å². The van der Waals surface area contributed by atoms with Crippen molar-refractivity contribution < 1.29 is 4.39 Å². The van der Waals surface area contributed by atoms with Crippen LogP contribution in [0.3, 0.4) is 0 Å². The molecule has 0 spiro atoms. The normalized spacial score (nSPS) is 17.3. The second kappa shape index (κ2) is 5.13. The molecule has 3 heterocycles. The fourth-order valence-electron chi connectivity index (χ4n) is 2.64. The summed E-state index contributed by atoms with van der Waals surface area (Å²) < 4.78 is 14.6. The molecule has 2 aromatic heterocycles. The number of aromatic nitrogens is 3. The summed E-state index contributed by atoms with van der Waals surface area (Å²) in [6.07, 6.45) is 4.70. The predicted octanol–water partition coefficient (Wildman–Crippen LogP) is 1.43. The number of halogens is 1. The highest BCUT2D eigenvalue weighted by Crippen LogP contribution is 2.23. The monoisotopic (exact) mass is 263 g/mol. The van der Waals surface area contributed by atoms with Gasteiger partial charge in [-0.05, 0) is 43.9 Å². The van der Waals surface area contributed by atoms with Gasteiger partial charge in [0.15, 0.2) is 5.65 Å². The van der Waals surface area contributed by atoms with Crippen LogP contribution in [-0.2, 0) is 0 Å². The number of anilines is 1. The van der Waals surface area contributed by atoms with Crippen LogP contribution in [0.4, 0.5) is 10.3 Å². The maximum atomic E-state index is 13.1. The van der Waals surface area contributed by atoms with Crippen molar-refractivity contribution >= 4 is 11.6 Å². The Morgan fingerprint density at radius 1 is 1.32 bits per heavy atom. The molecule has 0 atom stereocenters. The summed E-state index contributed by atoms with van der Waals surface area (Å²) in [5.74, 6) is 1.11. The number of nitrogens with zero attached hydrogens (tertiary/aromatic N) is 4. The van der Waals surface area contributed by atoms with Crippen LogP contribution in [0.1, 0.15) is 19.3 Å². The van der Waals surface area contributed by atoms with Gasteiger partial charge < -0.3 is 10.6 Å². The van der Waals surface area contributed by atoms with E-state index in [1.54, 1.807) is 6.07 Å². The Hall–Kier alpha value is -1.69. The summed E-state index contributed by atoms with van der Waals surface area (Å²) in [4.78, 5) is 6.60. The average molecular weight is 263 g/mol. The van der Waals surface area contributed by atoms with Gasteiger partial charge >= 0.3 is 0 Å². The predicted molar refractivity (Wildman–Crippen MR) is 71.6 cm³/mol. The zero-order valence-electron chi connectivity index (χ0n) is 10.8. The van der Waals surface area contributed by atoms with E-state index in [2.05, 4.69) is 15.0 Å². The number of nitrogens with two attached hydrogens (primary N) is 1. The Labute approximate surface area is 111 Å². The molecule has 6 heteroatoms. The lowest BCUT2D eigenvalue weighted by Crippen LogP contribution is -2.35. The first-order chi connectivity index (χ1) is 9.26. The molecular weight excluding hydrogens is 245 g/mol. The molecule has 102 valence electrons. The molecule has 5 nitrogen and oxygen atoms in total. The summed E-state index contributed by atoms with van der Waals surface area (Å²) in [6.45, 7) is 2.66. The van der Waals surface area contributed by atoms with Crippen LogP contribution in [0.2, 0.25) is 0 Å². The Kier molecular flexibility index (Phi) is 3.33. The Balaban J connectivity index is 1.74. The summed E-state index contributed by atoms with van der Waals surface area (Å²) in [6, 6.07) is 3.05. The molecule has 1 aliphatic heterocycles. The fraction of sp³-hybridized carbons (Fsp3) is 0.538. The molecule has 0 bridgehead atoms. The molecule has 0 aromatic carbocycles. The van der Waals surface area contributed by atoms with Crippen LogP contribution in [0, 0.1) is 11.7 Å². The molecule has 1 aliphatic rings. The van der Waals surface area contributed by atoms with Gasteiger partial charge in [0.05, 0.1) is 6.20 Å². The Bertz CT molecular complexity index is 559. The van der Waals surface area contributed by atoms with Crippen LogP contribution in [-0.4, -0.2) is 34.2 Å². The van der Waals surface area contributed by atoms with Crippen molar-refractivity contribution in [3.63, 3.8) is 0 Å². The van der Waals surface area contributed by atoms with E-state index in [0.29, 0.717) is 11.6 Å². The fourth-order valence-corrected chi connectivity index (χ4v) is 2.64. The number of hydrogen-bond acceptors (Lipinski definition) is 4. The SMILES string of the molecule is NCCC1CCN(c2nc3ccc(F)cn3n2)CC1. The molecule has 0 unspecified atom stereocenters. The number of piperidine rings is 1.